The van der Waals surface area contributed by atoms with Crippen LogP contribution < -0.4 is 5.73 Å². The first-order valence-corrected chi connectivity index (χ1v) is 2.66. The van der Waals surface area contributed by atoms with E-state index in [0.29, 0.717) is 13.0 Å². The highest BCUT2D eigenvalue weighted by Gasteiger charge is 2.16. The molecule has 0 aliphatic carbocycles. The van der Waals surface area contributed by atoms with Gasteiger partial charge in [0.15, 0.2) is 0 Å². The van der Waals surface area contributed by atoms with Crippen molar-refractivity contribution in [3.05, 3.63) is 0 Å². The summed E-state index contributed by atoms with van der Waals surface area (Å²) in [5, 5.41) is 17.4. The third-order valence-corrected chi connectivity index (χ3v) is 1.02. The van der Waals surface area contributed by atoms with Crippen LogP contribution in [0.2, 0.25) is 0 Å². The maximum Gasteiger partial charge on any atom is 0.0861 e. The van der Waals surface area contributed by atoms with Crippen molar-refractivity contribution >= 4 is 0 Å². The zero-order valence-corrected chi connectivity index (χ0v) is 5.09. The summed E-state index contributed by atoms with van der Waals surface area (Å²) in [5.41, 5.74) is 4.14. The molecule has 3 heteroatoms. The van der Waals surface area contributed by atoms with Gasteiger partial charge in [0.2, 0.25) is 0 Å². The lowest BCUT2D eigenvalue weighted by atomic mass is 10.1. The first-order chi connectivity index (χ1) is 3.62. The fourth-order valence-electron chi connectivity index (χ4n) is 0.390. The SMILES string of the molecule is C[C@@](O)(CO)CCN. The molecule has 0 aromatic heterocycles. The van der Waals surface area contributed by atoms with Crippen LogP contribution in [0.25, 0.3) is 0 Å². The van der Waals surface area contributed by atoms with Crippen LogP contribution in [0.4, 0.5) is 0 Å². The van der Waals surface area contributed by atoms with E-state index in [0.717, 1.165) is 0 Å². The Morgan fingerprint density at radius 2 is 2.12 bits per heavy atom. The summed E-state index contributed by atoms with van der Waals surface area (Å²) in [4.78, 5) is 0. The molecule has 0 saturated heterocycles. The van der Waals surface area contributed by atoms with Crippen molar-refractivity contribution in [3.8, 4) is 0 Å². The van der Waals surface area contributed by atoms with E-state index in [1.807, 2.05) is 0 Å². The van der Waals surface area contributed by atoms with Gasteiger partial charge in [-0.1, -0.05) is 0 Å². The largest absolute Gasteiger partial charge is 0.393 e. The van der Waals surface area contributed by atoms with Gasteiger partial charge in [-0.25, -0.2) is 0 Å². The van der Waals surface area contributed by atoms with Crippen molar-refractivity contribution in [2.24, 2.45) is 5.73 Å². The first-order valence-electron chi connectivity index (χ1n) is 2.66. The fraction of sp³-hybridized carbons (Fsp3) is 1.00. The minimum absolute atomic E-state index is 0.218. The van der Waals surface area contributed by atoms with E-state index in [1.54, 1.807) is 6.92 Å². The molecule has 0 amide bonds. The topological polar surface area (TPSA) is 66.5 Å². The Morgan fingerprint density at radius 1 is 1.62 bits per heavy atom. The van der Waals surface area contributed by atoms with Crippen LogP contribution in [0.15, 0.2) is 0 Å². The lowest BCUT2D eigenvalue weighted by molar-refractivity contribution is -0.00296. The molecule has 0 bridgehead atoms. The van der Waals surface area contributed by atoms with Gasteiger partial charge in [-0.3, -0.25) is 0 Å². The van der Waals surface area contributed by atoms with Crippen molar-refractivity contribution in [3.63, 3.8) is 0 Å². The standard InChI is InChI=1S/C5H13NO2/c1-5(8,4-7)2-3-6/h7-8H,2-4,6H2,1H3/t5-/m0/s1. The van der Waals surface area contributed by atoms with Crippen molar-refractivity contribution in [2.45, 2.75) is 18.9 Å². The van der Waals surface area contributed by atoms with Crippen LogP contribution in [0.5, 0.6) is 0 Å². The van der Waals surface area contributed by atoms with E-state index in [4.69, 9.17) is 15.9 Å². The van der Waals surface area contributed by atoms with Crippen LogP contribution in [0.1, 0.15) is 13.3 Å². The van der Waals surface area contributed by atoms with E-state index in [9.17, 15) is 0 Å². The molecule has 4 N–H and O–H groups in total. The Morgan fingerprint density at radius 3 is 2.25 bits per heavy atom. The molecule has 8 heavy (non-hydrogen) atoms. The van der Waals surface area contributed by atoms with Gasteiger partial charge in [0, 0.05) is 0 Å². The second kappa shape index (κ2) is 3.02. The van der Waals surface area contributed by atoms with E-state index < -0.39 is 5.60 Å². The normalized spacial score (nSPS) is 18.0. The molecule has 0 aliphatic heterocycles. The Kier molecular flexibility index (Phi) is 2.97. The zero-order valence-electron chi connectivity index (χ0n) is 5.09. The molecule has 0 aromatic carbocycles. The molecule has 0 rings (SSSR count). The van der Waals surface area contributed by atoms with Gasteiger partial charge < -0.3 is 15.9 Å². The smallest absolute Gasteiger partial charge is 0.0861 e. The first kappa shape index (κ1) is 7.88. The number of hydrogen-bond acceptors (Lipinski definition) is 3. The van der Waals surface area contributed by atoms with E-state index in [-0.39, 0.29) is 6.61 Å². The summed E-state index contributed by atoms with van der Waals surface area (Å²) in [5.74, 6) is 0. The van der Waals surface area contributed by atoms with E-state index in [1.165, 1.54) is 0 Å². The molecule has 0 saturated carbocycles. The van der Waals surface area contributed by atoms with Crippen molar-refractivity contribution in [1.29, 1.82) is 0 Å². The number of nitrogens with two attached hydrogens (primary N) is 1. The molecule has 3 nitrogen and oxygen atoms in total. The highest BCUT2D eigenvalue weighted by atomic mass is 16.3. The molecular formula is C5H13NO2. The molecule has 0 heterocycles. The van der Waals surface area contributed by atoms with Crippen LogP contribution >= 0.6 is 0 Å². The Balaban J connectivity index is 3.37. The van der Waals surface area contributed by atoms with Crippen LogP contribution in [0, 0.1) is 0 Å². The molecule has 1 atom stereocenters. The molecule has 0 aromatic rings. The summed E-state index contributed by atoms with van der Waals surface area (Å²) in [7, 11) is 0. The number of hydrogen-bond donors (Lipinski definition) is 3. The maximum absolute atomic E-state index is 8.99. The summed E-state index contributed by atoms with van der Waals surface area (Å²) in [6.07, 6.45) is 0.448. The lowest BCUT2D eigenvalue weighted by Gasteiger charge is -2.17. The fourth-order valence-corrected chi connectivity index (χ4v) is 0.390. The highest BCUT2D eigenvalue weighted by molar-refractivity contribution is 4.70. The summed E-state index contributed by atoms with van der Waals surface area (Å²) < 4.78 is 0. The Labute approximate surface area is 49.1 Å². The third kappa shape index (κ3) is 2.96. The number of rotatable bonds is 3. The molecule has 0 aliphatic rings. The van der Waals surface area contributed by atoms with Gasteiger partial charge in [-0.05, 0) is 19.9 Å². The Bertz CT molecular complexity index is 63.4. The lowest BCUT2D eigenvalue weighted by Crippen LogP contribution is -2.31. The predicted molar refractivity (Wildman–Crippen MR) is 31.4 cm³/mol. The average molecular weight is 119 g/mol. The average Bonchev–Trinajstić information content (AvgIpc) is 1.67. The van der Waals surface area contributed by atoms with E-state index in [2.05, 4.69) is 0 Å². The molecule has 0 fully saturated rings. The van der Waals surface area contributed by atoms with Gasteiger partial charge >= 0.3 is 0 Å². The van der Waals surface area contributed by atoms with Crippen LogP contribution in [-0.4, -0.2) is 29.0 Å². The minimum Gasteiger partial charge on any atom is -0.393 e. The monoisotopic (exact) mass is 119 g/mol. The van der Waals surface area contributed by atoms with Gasteiger partial charge in [0.25, 0.3) is 0 Å². The van der Waals surface area contributed by atoms with Gasteiger partial charge in [-0.15, -0.1) is 0 Å². The van der Waals surface area contributed by atoms with Crippen molar-refractivity contribution < 1.29 is 10.2 Å². The number of aliphatic hydroxyl groups is 2. The number of aliphatic hydroxyl groups excluding tert-OH is 1. The summed E-state index contributed by atoms with van der Waals surface area (Å²) in [6, 6.07) is 0. The molecular weight excluding hydrogens is 106 g/mol. The quantitative estimate of drug-likeness (QED) is 0.450. The van der Waals surface area contributed by atoms with Crippen LogP contribution in [0.3, 0.4) is 0 Å². The van der Waals surface area contributed by atoms with Crippen molar-refractivity contribution in [2.75, 3.05) is 13.2 Å². The molecule has 50 valence electrons. The molecule has 0 spiro atoms. The van der Waals surface area contributed by atoms with Crippen LogP contribution in [-0.2, 0) is 0 Å². The maximum atomic E-state index is 8.99. The summed E-state index contributed by atoms with van der Waals surface area (Å²) >= 11 is 0. The molecule has 0 radical (unpaired) electrons. The highest BCUT2D eigenvalue weighted by Crippen LogP contribution is 2.04. The Hall–Kier alpha value is -0.120. The molecule has 0 unspecified atom stereocenters. The minimum atomic E-state index is -0.977. The zero-order chi connectivity index (χ0) is 6.62. The van der Waals surface area contributed by atoms with E-state index >= 15 is 0 Å². The predicted octanol–water partition coefficient (Wildman–Crippen LogP) is -0.922. The van der Waals surface area contributed by atoms with Gasteiger partial charge in [0.05, 0.1) is 12.2 Å². The van der Waals surface area contributed by atoms with Gasteiger partial charge in [-0.2, -0.15) is 0 Å². The third-order valence-electron chi connectivity index (χ3n) is 1.02. The second-order valence-corrected chi connectivity index (χ2v) is 2.19. The summed E-state index contributed by atoms with van der Waals surface area (Å²) in [6.45, 7) is 1.75. The van der Waals surface area contributed by atoms with Crippen molar-refractivity contribution in [1.82, 2.24) is 0 Å². The second-order valence-electron chi connectivity index (χ2n) is 2.19. The van der Waals surface area contributed by atoms with Gasteiger partial charge in [0.1, 0.15) is 0 Å².